The van der Waals surface area contributed by atoms with Crippen molar-refractivity contribution in [3.63, 3.8) is 0 Å². The van der Waals surface area contributed by atoms with Crippen LogP contribution in [-0.4, -0.2) is 0 Å². The highest BCUT2D eigenvalue weighted by atomic mass is 79.9. The maximum atomic E-state index is 3.52. The fourth-order valence-electron chi connectivity index (χ4n) is 1.07. The van der Waals surface area contributed by atoms with Gasteiger partial charge in [0.1, 0.15) is 0 Å². The Bertz CT molecular complexity index is 407. The lowest BCUT2D eigenvalue weighted by Crippen LogP contribution is -1.75. The summed E-state index contributed by atoms with van der Waals surface area (Å²) in [6, 6.07) is 11.2. The minimum Gasteiger partial charge on any atom is -0.143 e. The van der Waals surface area contributed by atoms with Crippen LogP contribution in [0.15, 0.2) is 38.6 Å². The molecule has 1 radical (unpaired) electrons. The highest BCUT2D eigenvalue weighted by Crippen LogP contribution is 2.33. The number of hydrogen-bond acceptors (Lipinski definition) is 1. The molecule has 1 aromatic heterocycles. The average Bonchev–Trinajstić information content (AvgIpc) is 2.61. The van der Waals surface area contributed by atoms with E-state index >= 15 is 0 Å². The molecule has 3 heteroatoms. The lowest BCUT2D eigenvalue weighted by atomic mass is 10.2. The third-order valence-electron chi connectivity index (χ3n) is 1.66. The van der Waals surface area contributed by atoms with Crippen LogP contribution in [-0.2, 0) is 0 Å². The molecule has 0 unspecified atom stereocenters. The van der Waals surface area contributed by atoms with Crippen LogP contribution in [0, 0.1) is 6.07 Å². The largest absolute Gasteiger partial charge is 0.143 e. The van der Waals surface area contributed by atoms with Gasteiger partial charge in [-0.25, -0.2) is 0 Å². The number of thiophene rings is 1. The van der Waals surface area contributed by atoms with Crippen molar-refractivity contribution < 1.29 is 0 Å². The summed E-state index contributed by atoms with van der Waals surface area (Å²) in [4.78, 5) is 1.23. The van der Waals surface area contributed by atoms with E-state index in [-0.39, 0.29) is 0 Å². The van der Waals surface area contributed by atoms with Crippen molar-refractivity contribution in [2.75, 3.05) is 0 Å². The molecule has 0 N–H and O–H groups in total. The molecule has 65 valence electrons. The molecule has 1 heterocycles. The SMILES string of the molecule is Brc1ccc(Br)c(-c2c[c]cs2)c1. The molecule has 13 heavy (non-hydrogen) atoms. The zero-order valence-electron chi connectivity index (χ0n) is 6.55. The van der Waals surface area contributed by atoms with Crippen molar-refractivity contribution in [2.45, 2.75) is 0 Å². The van der Waals surface area contributed by atoms with E-state index < -0.39 is 0 Å². The van der Waals surface area contributed by atoms with Gasteiger partial charge in [-0.15, -0.1) is 11.3 Å². The van der Waals surface area contributed by atoms with Gasteiger partial charge in [0, 0.05) is 19.4 Å². The van der Waals surface area contributed by atoms with Crippen LogP contribution in [0.5, 0.6) is 0 Å². The molecular weight excluding hydrogens is 312 g/mol. The van der Waals surface area contributed by atoms with Gasteiger partial charge in [0.05, 0.1) is 0 Å². The van der Waals surface area contributed by atoms with Crippen molar-refractivity contribution in [3.05, 3.63) is 44.7 Å². The van der Waals surface area contributed by atoms with Gasteiger partial charge in [-0.1, -0.05) is 31.9 Å². The van der Waals surface area contributed by atoms with Gasteiger partial charge in [-0.2, -0.15) is 0 Å². The molecule has 0 fully saturated rings. The molecule has 1 aromatic carbocycles. The zero-order chi connectivity index (χ0) is 9.26. The average molecular weight is 317 g/mol. The number of halogens is 2. The lowest BCUT2D eigenvalue weighted by molar-refractivity contribution is 1.60. The molecule has 0 saturated heterocycles. The summed E-state index contributed by atoms with van der Waals surface area (Å²) in [7, 11) is 0. The van der Waals surface area contributed by atoms with Crippen LogP contribution in [0.3, 0.4) is 0 Å². The van der Waals surface area contributed by atoms with Crippen LogP contribution in [0.1, 0.15) is 0 Å². The van der Waals surface area contributed by atoms with Crippen molar-refractivity contribution in [2.24, 2.45) is 0 Å². The molecule has 2 rings (SSSR count). The van der Waals surface area contributed by atoms with Crippen molar-refractivity contribution >= 4 is 43.2 Å². The van der Waals surface area contributed by atoms with Crippen LogP contribution in [0.25, 0.3) is 10.4 Å². The van der Waals surface area contributed by atoms with Gasteiger partial charge in [0.25, 0.3) is 0 Å². The molecular formula is C10H5Br2S. The molecule has 0 aliphatic rings. The first-order chi connectivity index (χ1) is 6.27. The van der Waals surface area contributed by atoms with Gasteiger partial charge in [0.2, 0.25) is 0 Å². The Morgan fingerprint density at radius 1 is 1.23 bits per heavy atom. The number of hydrogen-bond donors (Lipinski definition) is 0. The van der Waals surface area contributed by atoms with E-state index in [1.54, 1.807) is 11.3 Å². The van der Waals surface area contributed by atoms with E-state index in [1.807, 2.05) is 23.6 Å². The number of rotatable bonds is 1. The van der Waals surface area contributed by atoms with Gasteiger partial charge in [-0.3, -0.25) is 0 Å². The fourth-order valence-corrected chi connectivity index (χ4v) is 2.72. The van der Waals surface area contributed by atoms with Gasteiger partial charge >= 0.3 is 0 Å². The zero-order valence-corrected chi connectivity index (χ0v) is 10.5. The topological polar surface area (TPSA) is 0 Å². The van der Waals surface area contributed by atoms with Gasteiger partial charge in [0.15, 0.2) is 0 Å². The maximum absolute atomic E-state index is 3.52. The molecule has 2 aromatic rings. The third kappa shape index (κ3) is 2.03. The molecule has 0 aliphatic carbocycles. The van der Waals surface area contributed by atoms with Crippen LogP contribution < -0.4 is 0 Å². The molecule has 0 nitrogen and oxygen atoms in total. The summed E-state index contributed by atoms with van der Waals surface area (Å²) in [5.41, 5.74) is 1.21. The van der Waals surface area contributed by atoms with Crippen LogP contribution >= 0.6 is 43.2 Å². The summed E-state index contributed by atoms with van der Waals surface area (Å²) in [6.45, 7) is 0. The predicted octanol–water partition coefficient (Wildman–Crippen LogP) is 4.74. The molecule has 0 atom stereocenters. The van der Waals surface area contributed by atoms with E-state index in [0.29, 0.717) is 0 Å². The van der Waals surface area contributed by atoms with E-state index in [9.17, 15) is 0 Å². The summed E-state index contributed by atoms with van der Waals surface area (Å²) in [6.07, 6.45) is 0. The smallest absolute Gasteiger partial charge is 0.0360 e. The second-order valence-electron chi connectivity index (χ2n) is 2.54. The Morgan fingerprint density at radius 2 is 2.08 bits per heavy atom. The summed E-state index contributed by atoms with van der Waals surface area (Å²) in [5, 5.41) is 1.96. The highest BCUT2D eigenvalue weighted by molar-refractivity contribution is 9.11. The van der Waals surface area contributed by atoms with E-state index in [1.165, 1.54) is 10.4 Å². The van der Waals surface area contributed by atoms with Gasteiger partial charge in [-0.05, 0) is 35.7 Å². The van der Waals surface area contributed by atoms with Gasteiger partial charge < -0.3 is 0 Å². The second-order valence-corrected chi connectivity index (χ2v) is 5.22. The van der Waals surface area contributed by atoms with Crippen LogP contribution in [0.4, 0.5) is 0 Å². The minimum absolute atomic E-state index is 1.10. The lowest BCUT2D eigenvalue weighted by Gasteiger charge is -2.01. The van der Waals surface area contributed by atoms with Crippen LogP contribution in [0.2, 0.25) is 0 Å². The van der Waals surface area contributed by atoms with Crippen molar-refractivity contribution in [3.8, 4) is 10.4 Å². The molecule has 0 bridgehead atoms. The van der Waals surface area contributed by atoms with E-state index in [4.69, 9.17) is 0 Å². The van der Waals surface area contributed by atoms with E-state index in [2.05, 4.69) is 44.0 Å². The third-order valence-corrected chi connectivity index (χ3v) is 3.69. The van der Waals surface area contributed by atoms with E-state index in [0.717, 1.165) is 8.95 Å². The quantitative estimate of drug-likeness (QED) is 0.713. The Balaban J connectivity index is 2.57. The monoisotopic (exact) mass is 315 g/mol. The highest BCUT2D eigenvalue weighted by Gasteiger charge is 2.03. The fraction of sp³-hybridized carbons (Fsp3) is 0. The molecule has 0 amide bonds. The summed E-state index contributed by atoms with van der Waals surface area (Å²) in [5.74, 6) is 0. The predicted molar refractivity (Wildman–Crippen MR) is 64.0 cm³/mol. The van der Waals surface area contributed by atoms with Crippen molar-refractivity contribution in [1.82, 2.24) is 0 Å². The number of benzene rings is 1. The molecule has 0 saturated carbocycles. The first-order valence-electron chi connectivity index (χ1n) is 3.67. The Hall–Kier alpha value is -0.120. The minimum atomic E-state index is 1.10. The summed E-state index contributed by atoms with van der Waals surface area (Å²) >= 11 is 8.67. The maximum Gasteiger partial charge on any atom is 0.0360 e. The molecule has 0 aliphatic heterocycles. The first-order valence-corrected chi connectivity index (χ1v) is 6.14. The second kappa shape index (κ2) is 3.95. The first kappa shape index (κ1) is 9.44. The standard InChI is InChI=1S/C10H5Br2S/c11-7-3-4-9(12)8(6-7)10-2-1-5-13-10/h2-6H. The Labute approximate surface area is 97.9 Å². The Kier molecular flexibility index (Phi) is 2.86. The Morgan fingerprint density at radius 3 is 2.77 bits per heavy atom. The molecule has 0 spiro atoms. The van der Waals surface area contributed by atoms with Crippen molar-refractivity contribution in [1.29, 1.82) is 0 Å². The summed E-state index contributed by atoms with van der Waals surface area (Å²) < 4.78 is 2.21. The normalized spacial score (nSPS) is 10.3.